The van der Waals surface area contributed by atoms with Gasteiger partial charge in [0.25, 0.3) is 0 Å². The first-order valence-corrected chi connectivity index (χ1v) is 9.14. The molecule has 10 heteroatoms. The van der Waals surface area contributed by atoms with Gasteiger partial charge in [0, 0.05) is 10.6 Å². The molecule has 28 heavy (non-hydrogen) atoms. The molecule has 7 nitrogen and oxygen atoms in total. The molecule has 3 rings (SSSR count). The van der Waals surface area contributed by atoms with E-state index in [1.165, 1.54) is 4.68 Å². The Labute approximate surface area is 175 Å². The maximum absolute atomic E-state index is 12.7. The molecule has 3 aromatic rings. The standard InChI is InChI=1S/C18H14Cl3N5O2/c19-11-3-1-10(2-4-11)17(28)16-12(20)5-9(6-13(16)21)8-26-18(23)14(24-25-26)7-15(22)27/h1-6H,7-8,23H2,(H2,22,27). The minimum Gasteiger partial charge on any atom is -0.382 e. The van der Waals surface area contributed by atoms with Crippen LogP contribution in [0.3, 0.4) is 0 Å². The molecule has 0 aliphatic carbocycles. The Hall–Kier alpha value is -2.61. The van der Waals surface area contributed by atoms with Gasteiger partial charge >= 0.3 is 0 Å². The minimum atomic E-state index is -0.560. The van der Waals surface area contributed by atoms with Crippen LogP contribution in [-0.2, 0) is 17.8 Å². The predicted octanol–water partition coefficient (Wildman–Crippen LogP) is 3.13. The SMILES string of the molecule is NC(=O)Cc1nnn(Cc2cc(Cl)c(C(=O)c3ccc(Cl)cc3)c(Cl)c2)c1N. The number of primary amides is 1. The van der Waals surface area contributed by atoms with Crippen molar-refractivity contribution >= 4 is 52.3 Å². The van der Waals surface area contributed by atoms with Crippen molar-refractivity contribution in [1.82, 2.24) is 15.0 Å². The zero-order chi connectivity index (χ0) is 20.4. The van der Waals surface area contributed by atoms with Crippen molar-refractivity contribution in [2.24, 2.45) is 5.73 Å². The summed E-state index contributed by atoms with van der Waals surface area (Å²) in [6, 6.07) is 9.63. The zero-order valence-corrected chi connectivity index (χ0v) is 16.6. The quantitative estimate of drug-likeness (QED) is 0.573. The first-order valence-electron chi connectivity index (χ1n) is 8.00. The second-order valence-electron chi connectivity index (χ2n) is 5.99. The molecule has 1 amide bonds. The number of halogens is 3. The van der Waals surface area contributed by atoms with E-state index in [4.69, 9.17) is 46.3 Å². The lowest BCUT2D eigenvalue weighted by Gasteiger charge is -2.10. The van der Waals surface area contributed by atoms with Gasteiger partial charge in [0.1, 0.15) is 11.5 Å². The van der Waals surface area contributed by atoms with Gasteiger partial charge < -0.3 is 11.5 Å². The average Bonchev–Trinajstić information content (AvgIpc) is 2.94. The van der Waals surface area contributed by atoms with Crippen LogP contribution in [0.25, 0.3) is 0 Å². The molecular formula is C18H14Cl3N5O2. The number of amides is 1. The monoisotopic (exact) mass is 437 g/mol. The zero-order valence-electron chi connectivity index (χ0n) is 14.3. The summed E-state index contributed by atoms with van der Waals surface area (Å²) in [4.78, 5) is 23.8. The summed E-state index contributed by atoms with van der Waals surface area (Å²) in [5, 5.41) is 8.66. The van der Waals surface area contributed by atoms with Gasteiger partial charge in [0.15, 0.2) is 5.78 Å². The summed E-state index contributed by atoms with van der Waals surface area (Å²) in [6.45, 7) is 0.201. The van der Waals surface area contributed by atoms with Gasteiger partial charge in [-0.2, -0.15) is 0 Å². The lowest BCUT2D eigenvalue weighted by molar-refractivity contribution is -0.117. The van der Waals surface area contributed by atoms with Crippen LogP contribution in [-0.4, -0.2) is 26.7 Å². The fourth-order valence-corrected chi connectivity index (χ4v) is 3.45. The number of benzene rings is 2. The minimum absolute atomic E-state index is 0.109. The summed E-state index contributed by atoms with van der Waals surface area (Å²) in [5.41, 5.74) is 12.6. The van der Waals surface area contributed by atoms with Crippen molar-refractivity contribution < 1.29 is 9.59 Å². The number of anilines is 1. The van der Waals surface area contributed by atoms with E-state index in [0.29, 0.717) is 21.8 Å². The van der Waals surface area contributed by atoms with Crippen LogP contribution in [0.5, 0.6) is 0 Å². The molecular weight excluding hydrogens is 425 g/mol. The van der Waals surface area contributed by atoms with Crippen molar-refractivity contribution in [3.8, 4) is 0 Å². The van der Waals surface area contributed by atoms with Gasteiger partial charge in [0.05, 0.1) is 28.6 Å². The van der Waals surface area contributed by atoms with Gasteiger partial charge in [-0.1, -0.05) is 40.0 Å². The number of hydrogen-bond acceptors (Lipinski definition) is 5. The molecule has 0 aliphatic heterocycles. The van der Waals surface area contributed by atoms with Crippen LogP contribution in [0.15, 0.2) is 36.4 Å². The van der Waals surface area contributed by atoms with Crippen LogP contribution in [0.2, 0.25) is 15.1 Å². The molecule has 1 heterocycles. The van der Waals surface area contributed by atoms with Crippen LogP contribution < -0.4 is 11.5 Å². The molecule has 0 saturated heterocycles. The molecule has 1 aromatic heterocycles. The predicted molar refractivity (Wildman–Crippen MR) is 108 cm³/mol. The third-order valence-electron chi connectivity index (χ3n) is 3.96. The molecule has 2 aromatic carbocycles. The maximum atomic E-state index is 12.7. The maximum Gasteiger partial charge on any atom is 0.223 e. The average molecular weight is 439 g/mol. The Morgan fingerprint density at radius 2 is 1.64 bits per heavy atom. The Balaban J connectivity index is 1.88. The highest BCUT2D eigenvalue weighted by Gasteiger charge is 2.19. The number of carbonyl (C=O) groups is 2. The third-order valence-corrected chi connectivity index (χ3v) is 4.80. The van der Waals surface area contributed by atoms with Crippen molar-refractivity contribution in [3.05, 3.63) is 73.9 Å². The molecule has 0 unspecified atom stereocenters. The van der Waals surface area contributed by atoms with Gasteiger partial charge in [0.2, 0.25) is 5.91 Å². The van der Waals surface area contributed by atoms with E-state index in [0.717, 1.165) is 0 Å². The van der Waals surface area contributed by atoms with E-state index < -0.39 is 5.91 Å². The van der Waals surface area contributed by atoms with E-state index in [-0.39, 0.29) is 40.2 Å². The van der Waals surface area contributed by atoms with E-state index >= 15 is 0 Å². The largest absolute Gasteiger partial charge is 0.382 e. The summed E-state index contributed by atoms with van der Waals surface area (Å²) in [6.07, 6.45) is -0.109. The number of aromatic nitrogens is 3. The number of ketones is 1. The Kier molecular flexibility index (Phi) is 5.88. The number of hydrogen-bond donors (Lipinski definition) is 2. The Morgan fingerprint density at radius 1 is 1.04 bits per heavy atom. The van der Waals surface area contributed by atoms with E-state index in [2.05, 4.69) is 10.3 Å². The van der Waals surface area contributed by atoms with Gasteiger partial charge in [-0.25, -0.2) is 4.68 Å². The second kappa shape index (κ2) is 8.18. The second-order valence-corrected chi connectivity index (χ2v) is 7.24. The Morgan fingerprint density at radius 3 is 2.21 bits per heavy atom. The molecule has 0 saturated carbocycles. The highest BCUT2D eigenvalue weighted by Crippen LogP contribution is 2.30. The summed E-state index contributed by atoms with van der Waals surface area (Å²) in [7, 11) is 0. The van der Waals surface area contributed by atoms with Crippen molar-refractivity contribution in [2.75, 3.05) is 5.73 Å². The molecule has 0 atom stereocenters. The van der Waals surface area contributed by atoms with Crippen molar-refractivity contribution in [1.29, 1.82) is 0 Å². The van der Waals surface area contributed by atoms with Crippen molar-refractivity contribution in [3.63, 3.8) is 0 Å². The molecule has 0 bridgehead atoms. The molecule has 4 N–H and O–H groups in total. The number of rotatable bonds is 6. The van der Waals surface area contributed by atoms with Gasteiger partial charge in [-0.05, 0) is 42.0 Å². The normalized spacial score (nSPS) is 10.8. The number of carbonyl (C=O) groups excluding carboxylic acids is 2. The molecule has 0 spiro atoms. The van der Waals surface area contributed by atoms with Crippen LogP contribution >= 0.6 is 34.8 Å². The van der Waals surface area contributed by atoms with Crippen LogP contribution in [0.4, 0.5) is 5.82 Å². The molecule has 0 aliphatic rings. The third kappa shape index (κ3) is 4.27. The first kappa shape index (κ1) is 20.1. The smallest absolute Gasteiger partial charge is 0.223 e. The number of nitrogens with zero attached hydrogens (tertiary/aromatic N) is 3. The fraction of sp³-hybridized carbons (Fsp3) is 0.111. The highest BCUT2D eigenvalue weighted by molar-refractivity contribution is 6.41. The fourth-order valence-electron chi connectivity index (χ4n) is 2.62. The van der Waals surface area contributed by atoms with E-state index in [1.807, 2.05) is 0 Å². The first-order chi connectivity index (χ1) is 13.3. The van der Waals surface area contributed by atoms with Crippen molar-refractivity contribution in [2.45, 2.75) is 13.0 Å². The molecule has 0 radical (unpaired) electrons. The number of nitrogen functional groups attached to an aromatic ring is 1. The van der Waals surface area contributed by atoms with E-state index in [1.54, 1.807) is 36.4 Å². The van der Waals surface area contributed by atoms with Gasteiger partial charge in [-0.3, -0.25) is 9.59 Å². The topological polar surface area (TPSA) is 117 Å². The van der Waals surface area contributed by atoms with Gasteiger partial charge in [-0.15, -0.1) is 5.10 Å². The Bertz CT molecular complexity index is 1040. The summed E-state index contributed by atoms with van der Waals surface area (Å²) in [5.74, 6) is -0.663. The summed E-state index contributed by atoms with van der Waals surface area (Å²) < 4.78 is 1.39. The highest BCUT2D eigenvalue weighted by atomic mass is 35.5. The molecule has 0 fully saturated rings. The number of nitrogens with two attached hydrogens (primary N) is 2. The lowest BCUT2D eigenvalue weighted by atomic mass is 10.0. The van der Waals surface area contributed by atoms with Crippen LogP contribution in [0.1, 0.15) is 27.2 Å². The lowest BCUT2D eigenvalue weighted by Crippen LogP contribution is -2.15. The molecule has 144 valence electrons. The van der Waals surface area contributed by atoms with E-state index in [9.17, 15) is 9.59 Å². The van der Waals surface area contributed by atoms with Crippen LogP contribution in [0, 0.1) is 0 Å². The summed E-state index contributed by atoms with van der Waals surface area (Å²) >= 11 is 18.5.